The highest BCUT2D eigenvalue weighted by Gasteiger charge is 2.53. The molecule has 2 N–H and O–H groups in total. The standard InChI is InChI=1S/C20H26N4O4S/c1-4-23(19(28)16-12-29-20(3)10-9-18(27)24(16)20)11-17(26)22-15-7-5-14(6-8-15)21-13(2)25/h5-8,16H,4,9-12H2,1-3H3,(H,21,25)(H,22,26)/t16-,20+/m1/s1. The number of benzene rings is 1. The van der Waals surface area contributed by atoms with Crippen LogP contribution in [0.5, 0.6) is 0 Å². The smallest absolute Gasteiger partial charge is 0.246 e. The molecule has 1 aromatic carbocycles. The maximum absolute atomic E-state index is 13.0. The molecule has 29 heavy (non-hydrogen) atoms. The molecule has 2 heterocycles. The van der Waals surface area contributed by atoms with Crippen LogP contribution in [0.1, 0.15) is 33.6 Å². The zero-order valence-corrected chi connectivity index (χ0v) is 17.7. The highest BCUT2D eigenvalue weighted by atomic mass is 32.2. The van der Waals surface area contributed by atoms with Gasteiger partial charge in [0.25, 0.3) is 0 Å². The molecule has 0 bridgehead atoms. The van der Waals surface area contributed by atoms with Gasteiger partial charge in [0.15, 0.2) is 0 Å². The van der Waals surface area contributed by atoms with Crippen molar-refractivity contribution < 1.29 is 19.2 Å². The lowest BCUT2D eigenvalue weighted by molar-refractivity contribution is -0.144. The minimum Gasteiger partial charge on any atom is -0.332 e. The number of hydrogen-bond acceptors (Lipinski definition) is 5. The molecule has 0 unspecified atom stereocenters. The Hall–Kier alpha value is -2.55. The van der Waals surface area contributed by atoms with Gasteiger partial charge in [0.1, 0.15) is 6.04 Å². The summed E-state index contributed by atoms with van der Waals surface area (Å²) in [6.45, 7) is 5.55. The molecule has 0 aliphatic carbocycles. The minimum absolute atomic E-state index is 0.00983. The molecule has 0 radical (unpaired) electrons. The number of anilines is 2. The predicted octanol–water partition coefficient (Wildman–Crippen LogP) is 1.89. The predicted molar refractivity (Wildman–Crippen MR) is 112 cm³/mol. The summed E-state index contributed by atoms with van der Waals surface area (Å²) in [4.78, 5) is 51.7. The van der Waals surface area contributed by atoms with E-state index < -0.39 is 6.04 Å². The van der Waals surface area contributed by atoms with Crippen LogP contribution in [0.2, 0.25) is 0 Å². The number of amides is 4. The third kappa shape index (κ3) is 4.55. The maximum Gasteiger partial charge on any atom is 0.246 e. The highest BCUT2D eigenvalue weighted by molar-refractivity contribution is 8.01. The van der Waals surface area contributed by atoms with Gasteiger partial charge in [-0.15, -0.1) is 11.8 Å². The summed E-state index contributed by atoms with van der Waals surface area (Å²) in [6, 6.07) is 6.24. The fourth-order valence-corrected chi connectivity index (χ4v) is 5.20. The first-order chi connectivity index (χ1) is 13.7. The molecule has 2 atom stereocenters. The van der Waals surface area contributed by atoms with Gasteiger partial charge in [0, 0.05) is 37.0 Å². The van der Waals surface area contributed by atoms with Crippen molar-refractivity contribution in [1.29, 1.82) is 0 Å². The topological polar surface area (TPSA) is 98.8 Å². The van der Waals surface area contributed by atoms with Gasteiger partial charge in [-0.25, -0.2) is 0 Å². The molecule has 0 saturated carbocycles. The molecular weight excluding hydrogens is 392 g/mol. The molecule has 2 aliphatic rings. The van der Waals surface area contributed by atoms with Crippen molar-refractivity contribution in [3.05, 3.63) is 24.3 Å². The van der Waals surface area contributed by atoms with E-state index in [4.69, 9.17) is 0 Å². The van der Waals surface area contributed by atoms with Gasteiger partial charge in [-0.05, 0) is 44.5 Å². The first-order valence-electron chi connectivity index (χ1n) is 9.66. The van der Waals surface area contributed by atoms with E-state index in [-0.39, 0.29) is 35.0 Å². The summed E-state index contributed by atoms with van der Waals surface area (Å²) in [6.07, 6.45) is 1.22. The molecule has 0 aromatic heterocycles. The van der Waals surface area contributed by atoms with E-state index >= 15 is 0 Å². The van der Waals surface area contributed by atoms with Crippen molar-refractivity contribution in [2.75, 3.05) is 29.5 Å². The minimum atomic E-state index is -0.510. The van der Waals surface area contributed by atoms with Crippen molar-refractivity contribution in [3.8, 4) is 0 Å². The lowest BCUT2D eigenvalue weighted by Gasteiger charge is -2.32. The zero-order valence-electron chi connectivity index (χ0n) is 16.9. The Bertz CT molecular complexity index is 828. The van der Waals surface area contributed by atoms with Crippen LogP contribution in [0.15, 0.2) is 24.3 Å². The number of rotatable bonds is 6. The van der Waals surface area contributed by atoms with E-state index in [0.717, 1.165) is 6.42 Å². The zero-order chi connectivity index (χ0) is 21.2. The number of carbonyl (C=O) groups is 4. The Morgan fingerprint density at radius 3 is 2.41 bits per heavy atom. The fourth-order valence-electron chi connectivity index (χ4n) is 3.77. The molecule has 0 spiro atoms. The number of likely N-dealkylation sites (N-methyl/N-ethyl adjacent to an activating group) is 1. The van der Waals surface area contributed by atoms with Crippen LogP contribution < -0.4 is 10.6 Å². The van der Waals surface area contributed by atoms with E-state index in [1.807, 2.05) is 13.8 Å². The van der Waals surface area contributed by atoms with Gasteiger partial charge >= 0.3 is 0 Å². The van der Waals surface area contributed by atoms with E-state index in [0.29, 0.717) is 30.1 Å². The highest BCUT2D eigenvalue weighted by Crippen LogP contribution is 2.47. The van der Waals surface area contributed by atoms with Gasteiger partial charge in [0.2, 0.25) is 23.6 Å². The van der Waals surface area contributed by atoms with Gasteiger partial charge in [-0.2, -0.15) is 0 Å². The van der Waals surface area contributed by atoms with Crippen LogP contribution in [0.3, 0.4) is 0 Å². The second-order valence-electron chi connectivity index (χ2n) is 7.42. The van der Waals surface area contributed by atoms with Crippen LogP contribution in [0.4, 0.5) is 11.4 Å². The van der Waals surface area contributed by atoms with Crippen LogP contribution in [-0.2, 0) is 19.2 Å². The average Bonchev–Trinajstić information content (AvgIpc) is 3.16. The van der Waals surface area contributed by atoms with Crippen molar-refractivity contribution in [2.45, 2.75) is 44.5 Å². The van der Waals surface area contributed by atoms with Gasteiger partial charge in [-0.3, -0.25) is 19.2 Å². The Kier molecular flexibility index (Phi) is 6.16. The van der Waals surface area contributed by atoms with Crippen molar-refractivity contribution >= 4 is 46.8 Å². The number of hydrogen-bond donors (Lipinski definition) is 2. The molecule has 9 heteroatoms. The van der Waals surface area contributed by atoms with Gasteiger partial charge < -0.3 is 20.4 Å². The van der Waals surface area contributed by atoms with E-state index in [1.165, 1.54) is 11.8 Å². The second-order valence-corrected chi connectivity index (χ2v) is 8.93. The Balaban J connectivity index is 1.60. The molecule has 1 aromatic rings. The number of nitrogens with one attached hydrogen (secondary N) is 2. The molecule has 2 aliphatic heterocycles. The summed E-state index contributed by atoms with van der Waals surface area (Å²) in [7, 11) is 0. The van der Waals surface area contributed by atoms with Gasteiger partial charge in [-0.1, -0.05) is 0 Å². The average molecular weight is 419 g/mol. The molecule has 3 rings (SSSR count). The summed E-state index contributed by atoms with van der Waals surface area (Å²) in [5.41, 5.74) is 1.21. The van der Waals surface area contributed by atoms with Crippen LogP contribution in [0, 0.1) is 0 Å². The molecule has 2 saturated heterocycles. The van der Waals surface area contributed by atoms with Crippen molar-refractivity contribution in [3.63, 3.8) is 0 Å². The van der Waals surface area contributed by atoms with Crippen LogP contribution in [0.25, 0.3) is 0 Å². The third-order valence-corrected chi connectivity index (χ3v) is 6.75. The number of thioether (sulfide) groups is 1. The van der Waals surface area contributed by atoms with E-state index in [9.17, 15) is 19.2 Å². The molecule has 4 amide bonds. The summed E-state index contributed by atoms with van der Waals surface area (Å²) < 4.78 is 0. The lowest BCUT2D eigenvalue weighted by Crippen LogP contribution is -2.52. The lowest BCUT2D eigenvalue weighted by atomic mass is 10.2. The van der Waals surface area contributed by atoms with Crippen molar-refractivity contribution in [1.82, 2.24) is 9.80 Å². The second kappa shape index (κ2) is 8.44. The normalized spacial score (nSPS) is 22.9. The van der Waals surface area contributed by atoms with E-state index in [1.54, 1.807) is 40.9 Å². The SMILES string of the molecule is CCN(CC(=O)Nc1ccc(NC(C)=O)cc1)C(=O)[C@H]1CS[C@@]2(C)CCC(=O)N12. The largest absolute Gasteiger partial charge is 0.332 e. The number of carbonyl (C=O) groups excluding carboxylic acids is 4. The summed E-state index contributed by atoms with van der Waals surface area (Å²) in [5, 5.41) is 5.42. The van der Waals surface area contributed by atoms with E-state index in [2.05, 4.69) is 10.6 Å². The number of fused-ring (bicyclic) bond motifs is 1. The van der Waals surface area contributed by atoms with Crippen molar-refractivity contribution in [2.24, 2.45) is 0 Å². The monoisotopic (exact) mass is 418 g/mol. The summed E-state index contributed by atoms with van der Waals surface area (Å²) in [5.74, 6) is -0.0972. The first kappa shape index (κ1) is 21.2. The van der Waals surface area contributed by atoms with Crippen LogP contribution >= 0.6 is 11.8 Å². The molecule has 2 fully saturated rings. The first-order valence-corrected chi connectivity index (χ1v) is 10.6. The molecular formula is C20H26N4O4S. The van der Waals surface area contributed by atoms with Gasteiger partial charge in [0.05, 0.1) is 11.4 Å². The maximum atomic E-state index is 13.0. The quantitative estimate of drug-likeness (QED) is 0.735. The Morgan fingerprint density at radius 2 is 1.83 bits per heavy atom. The van der Waals surface area contributed by atoms with Crippen LogP contribution in [-0.4, -0.2) is 63.2 Å². The third-order valence-electron chi connectivity index (χ3n) is 5.25. The number of nitrogens with zero attached hydrogens (tertiary/aromatic N) is 2. The summed E-state index contributed by atoms with van der Waals surface area (Å²) >= 11 is 1.64. The Morgan fingerprint density at radius 1 is 1.21 bits per heavy atom. The molecule has 8 nitrogen and oxygen atoms in total. The Labute approximate surface area is 174 Å². The molecule has 156 valence electrons. The fraction of sp³-hybridized carbons (Fsp3) is 0.500.